The van der Waals surface area contributed by atoms with Gasteiger partial charge in [-0.25, -0.2) is 0 Å². The highest BCUT2D eigenvalue weighted by molar-refractivity contribution is 6.73. The fraction of sp³-hybridized carbons (Fsp3) is 0.333. The van der Waals surface area contributed by atoms with Crippen molar-refractivity contribution >= 4 is 14.2 Å². The van der Waals surface area contributed by atoms with Crippen molar-refractivity contribution in [3.63, 3.8) is 0 Å². The molecule has 1 aliphatic heterocycles. The summed E-state index contributed by atoms with van der Waals surface area (Å²) in [5, 5.41) is 1.23. The molecule has 1 saturated heterocycles. The van der Waals surface area contributed by atoms with Crippen molar-refractivity contribution in [1.82, 2.24) is 0 Å². The highest BCUT2D eigenvalue weighted by Gasteiger charge is 2.21. The summed E-state index contributed by atoms with van der Waals surface area (Å²) in [6, 6.07) is 11.6. The molecule has 2 heteroatoms. The van der Waals surface area contributed by atoms with Gasteiger partial charge in [0.1, 0.15) is 0 Å². The molecule has 0 amide bonds. The summed E-state index contributed by atoms with van der Waals surface area (Å²) in [6.45, 7) is 5.10. The fourth-order valence-corrected chi connectivity index (χ4v) is 3.76. The Labute approximate surface area is 87.1 Å². The maximum Gasteiger partial charge on any atom is 0.246 e. The molecule has 1 aromatic carbocycles. The zero-order valence-corrected chi connectivity index (χ0v) is 9.33. The van der Waals surface area contributed by atoms with Crippen molar-refractivity contribution in [2.45, 2.75) is 18.9 Å². The molecule has 0 spiro atoms. The van der Waals surface area contributed by atoms with Gasteiger partial charge in [0.05, 0.1) is 0 Å². The lowest BCUT2D eigenvalue weighted by atomic mass is 10.2. The minimum Gasteiger partial charge on any atom is -0.412 e. The minimum absolute atomic E-state index is 0.773. The lowest BCUT2D eigenvalue weighted by Gasteiger charge is -2.22. The van der Waals surface area contributed by atoms with Gasteiger partial charge >= 0.3 is 0 Å². The van der Waals surface area contributed by atoms with Gasteiger partial charge in [-0.15, -0.1) is 0 Å². The van der Waals surface area contributed by atoms with Crippen LogP contribution in [0.5, 0.6) is 0 Å². The summed E-state index contributed by atoms with van der Waals surface area (Å²) in [5.74, 6) is 0. The quantitative estimate of drug-likeness (QED) is 0.671. The molecule has 1 aromatic rings. The molecule has 0 atom stereocenters. The van der Waals surface area contributed by atoms with Gasteiger partial charge in [0, 0.05) is 6.61 Å². The van der Waals surface area contributed by atoms with Crippen molar-refractivity contribution in [1.29, 1.82) is 0 Å². The molecular weight excluding hydrogens is 188 g/mol. The summed E-state index contributed by atoms with van der Waals surface area (Å²) in [4.78, 5) is 0. The van der Waals surface area contributed by atoms with Crippen LogP contribution in [-0.4, -0.2) is 15.6 Å². The number of hydrogen-bond acceptors (Lipinski definition) is 1. The van der Waals surface area contributed by atoms with Crippen molar-refractivity contribution in [3.8, 4) is 0 Å². The molecule has 14 heavy (non-hydrogen) atoms. The molecule has 0 unspecified atom stereocenters. The Kier molecular flexibility index (Phi) is 3.17. The van der Waals surface area contributed by atoms with Crippen LogP contribution in [0.15, 0.2) is 36.9 Å². The van der Waals surface area contributed by atoms with E-state index in [2.05, 4.69) is 30.8 Å². The standard InChI is InChI=1S/C12H15OSi/c1-11(12-7-3-2-4-8-12)14-10-6-5-9-13-14/h2-4,7-8H,1,5-6,9-10H2. The second-order valence-electron chi connectivity index (χ2n) is 3.57. The number of benzene rings is 1. The Morgan fingerprint density at radius 2 is 2.00 bits per heavy atom. The van der Waals surface area contributed by atoms with E-state index in [9.17, 15) is 0 Å². The molecule has 1 aliphatic rings. The molecule has 1 fully saturated rings. The van der Waals surface area contributed by atoms with Crippen LogP contribution in [0.3, 0.4) is 0 Å². The van der Waals surface area contributed by atoms with E-state index < -0.39 is 9.04 Å². The molecule has 0 saturated carbocycles. The van der Waals surface area contributed by atoms with Crippen LogP contribution in [0.2, 0.25) is 6.04 Å². The lowest BCUT2D eigenvalue weighted by molar-refractivity contribution is 0.295. The summed E-state index contributed by atoms with van der Waals surface area (Å²) in [6.07, 6.45) is 2.52. The monoisotopic (exact) mass is 203 g/mol. The first kappa shape index (κ1) is 9.68. The van der Waals surface area contributed by atoms with Gasteiger partial charge in [0.25, 0.3) is 0 Å². The Hall–Kier alpha value is -0.863. The van der Waals surface area contributed by atoms with Gasteiger partial charge in [-0.1, -0.05) is 43.3 Å². The Morgan fingerprint density at radius 1 is 1.21 bits per heavy atom. The molecule has 0 N–H and O–H groups in total. The lowest BCUT2D eigenvalue weighted by Crippen LogP contribution is -2.24. The first-order valence-corrected chi connectivity index (χ1v) is 6.73. The number of rotatable bonds is 2. The predicted octanol–water partition coefficient (Wildman–Crippen LogP) is 3.04. The molecule has 1 radical (unpaired) electrons. The molecule has 0 bridgehead atoms. The summed E-state index contributed by atoms with van der Waals surface area (Å²) < 4.78 is 5.80. The Bertz CT molecular complexity index is 301. The molecule has 1 nitrogen and oxygen atoms in total. The van der Waals surface area contributed by atoms with Crippen LogP contribution in [0.4, 0.5) is 0 Å². The number of hydrogen-bond donors (Lipinski definition) is 0. The van der Waals surface area contributed by atoms with E-state index in [0.29, 0.717) is 0 Å². The van der Waals surface area contributed by atoms with Crippen LogP contribution in [0.25, 0.3) is 5.20 Å². The summed E-state index contributed by atoms with van der Waals surface area (Å²) in [7, 11) is -0.773. The van der Waals surface area contributed by atoms with Crippen molar-refractivity contribution in [2.24, 2.45) is 0 Å². The first-order chi connectivity index (χ1) is 6.88. The maximum atomic E-state index is 5.80. The average Bonchev–Trinajstić information content (AvgIpc) is 2.30. The fourth-order valence-electron chi connectivity index (χ4n) is 1.69. The predicted molar refractivity (Wildman–Crippen MR) is 61.2 cm³/mol. The van der Waals surface area contributed by atoms with Gasteiger partial charge in [0.15, 0.2) is 0 Å². The van der Waals surface area contributed by atoms with Crippen LogP contribution in [0, 0.1) is 0 Å². The average molecular weight is 203 g/mol. The van der Waals surface area contributed by atoms with Crippen molar-refractivity contribution < 1.29 is 4.43 Å². The van der Waals surface area contributed by atoms with E-state index >= 15 is 0 Å². The Morgan fingerprint density at radius 3 is 2.64 bits per heavy atom. The first-order valence-electron chi connectivity index (χ1n) is 5.11. The van der Waals surface area contributed by atoms with E-state index in [1.165, 1.54) is 29.6 Å². The molecule has 1 heterocycles. The van der Waals surface area contributed by atoms with Crippen LogP contribution >= 0.6 is 0 Å². The van der Waals surface area contributed by atoms with Gasteiger partial charge < -0.3 is 4.43 Å². The SMILES string of the molecule is C=C(c1ccccc1)[Si]1CCCCO1. The third-order valence-electron chi connectivity index (χ3n) is 2.53. The molecule has 0 aromatic heterocycles. The zero-order valence-electron chi connectivity index (χ0n) is 8.33. The second kappa shape index (κ2) is 4.58. The van der Waals surface area contributed by atoms with E-state index in [1.807, 2.05) is 6.07 Å². The van der Waals surface area contributed by atoms with Crippen LogP contribution in [-0.2, 0) is 4.43 Å². The highest BCUT2D eigenvalue weighted by atomic mass is 28.3. The van der Waals surface area contributed by atoms with Crippen LogP contribution < -0.4 is 0 Å². The summed E-state index contributed by atoms with van der Waals surface area (Å²) >= 11 is 0. The van der Waals surface area contributed by atoms with E-state index in [0.717, 1.165) is 6.61 Å². The van der Waals surface area contributed by atoms with E-state index in [1.54, 1.807) is 0 Å². The third kappa shape index (κ3) is 2.14. The van der Waals surface area contributed by atoms with Crippen molar-refractivity contribution in [2.75, 3.05) is 6.61 Å². The topological polar surface area (TPSA) is 9.23 Å². The van der Waals surface area contributed by atoms with E-state index in [4.69, 9.17) is 4.43 Å². The van der Waals surface area contributed by atoms with Gasteiger partial charge in [-0.3, -0.25) is 0 Å². The van der Waals surface area contributed by atoms with Crippen LogP contribution in [0.1, 0.15) is 18.4 Å². The zero-order chi connectivity index (χ0) is 9.80. The Balaban J connectivity index is 2.07. The largest absolute Gasteiger partial charge is 0.412 e. The smallest absolute Gasteiger partial charge is 0.246 e. The van der Waals surface area contributed by atoms with Crippen molar-refractivity contribution in [3.05, 3.63) is 42.5 Å². The van der Waals surface area contributed by atoms with Gasteiger partial charge in [-0.2, -0.15) is 0 Å². The minimum atomic E-state index is -0.773. The normalized spacial score (nSPS) is 18.0. The molecule has 2 rings (SSSR count). The van der Waals surface area contributed by atoms with Gasteiger partial charge in [-0.05, 0) is 23.2 Å². The van der Waals surface area contributed by atoms with E-state index in [-0.39, 0.29) is 0 Å². The second-order valence-corrected chi connectivity index (χ2v) is 5.81. The van der Waals surface area contributed by atoms with Gasteiger partial charge in [0.2, 0.25) is 9.04 Å². The highest BCUT2D eigenvalue weighted by Crippen LogP contribution is 2.23. The third-order valence-corrected chi connectivity index (χ3v) is 4.86. The maximum absolute atomic E-state index is 5.80. The molecular formula is C12H15OSi. The summed E-state index contributed by atoms with van der Waals surface area (Å²) in [5.41, 5.74) is 1.25. The molecule has 0 aliphatic carbocycles. The molecule has 73 valence electrons.